The smallest absolute Gasteiger partial charge is 0.277 e. The largest absolute Gasteiger partial charge is 0.346 e. The fraction of sp³-hybridized carbons (Fsp3) is 0.692. The molecule has 2 aliphatic rings. The summed E-state index contributed by atoms with van der Waals surface area (Å²) < 4.78 is 0. The standard InChI is InChI=1S/C13H21N5OS/c1-2-17-5-7-18(8-6-17)13-15-10(9-3-4-9)11(20-13)12(19)16-14/h9H,2-8,14H2,1H3,(H,16,19). The third-order valence-corrected chi connectivity index (χ3v) is 5.16. The maximum atomic E-state index is 11.9. The van der Waals surface area contributed by atoms with Gasteiger partial charge in [-0.3, -0.25) is 10.2 Å². The van der Waals surface area contributed by atoms with E-state index in [9.17, 15) is 4.79 Å². The number of nitrogens with one attached hydrogen (secondary N) is 1. The first-order chi connectivity index (χ1) is 9.72. The summed E-state index contributed by atoms with van der Waals surface area (Å²) in [6.45, 7) is 7.37. The maximum absolute atomic E-state index is 11.9. The summed E-state index contributed by atoms with van der Waals surface area (Å²) >= 11 is 1.48. The molecule has 1 aliphatic carbocycles. The zero-order chi connectivity index (χ0) is 14.1. The van der Waals surface area contributed by atoms with Gasteiger partial charge >= 0.3 is 0 Å². The number of rotatable bonds is 4. The van der Waals surface area contributed by atoms with Gasteiger partial charge < -0.3 is 9.80 Å². The summed E-state index contributed by atoms with van der Waals surface area (Å²) in [6, 6.07) is 0. The molecule has 0 spiro atoms. The van der Waals surface area contributed by atoms with Gasteiger partial charge in [-0.15, -0.1) is 0 Å². The summed E-state index contributed by atoms with van der Waals surface area (Å²) in [5.74, 6) is 5.53. The molecule has 0 unspecified atom stereocenters. The minimum atomic E-state index is -0.206. The Kier molecular flexibility index (Phi) is 3.91. The molecule has 1 saturated carbocycles. The number of aromatic nitrogens is 1. The second-order valence-corrected chi connectivity index (χ2v) is 6.36. The van der Waals surface area contributed by atoms with Crippen LogP contribution in [0.15, 0.2) is 0 Å². The number of likely N-dealkylation sites (N-methyl/N-ethyl adjacent to an activating group) is 1. The van der Waals surface area contributed by atoms with Gasteiger partial charge in [-0.2, -0.15) is 0 Å². The van der Waals surface area contributed by atoms with Crippen LogP contribution in [0.5, 0.6) is 0 Å². The van der Waals surface area contributed by atoms with Crippen LogP contribution in [0.3, 0.4) is 0 Å². The van der Waals surface area contributed by atoms with E-state index in [2.05, 4.69) is 22.1 Å². The Balaban J connectivity index is 1.78. The molecule has 20 heavy (non-hydrogen) atoms. The average Bonchev–Trinajstić information content (AvgIpc) is 3.25. The van der Waals surface area contributed by atoms with Gasteiger partial charge in [0.1, 0.15) is 4.88 Å². The minimum absolute atomic E-state index is 0.206. The van der Waals surface area contributed by atoms with Crippen LogP contribution < -0.4 is 16.2 Å². The van der Waals surface area contributed by atoms with Crippen LogP contribution >= 0.6 is 11.3 Å². The summed E-state index contributed by atoms with van der Waals surface area (Å²) in [5.41, 5.74) is 3.19. The van der Waals surface area contributed by atoms with Crippen molar-refractivity contribution >= 4 is 22.4 Å². The van der Waals surface area contributed by atoms with E-state index in [1.807, 2.05) is 0 Å². The van der Waals surface area contributed by atoms with Gasteiger partial charge in [-0.05, 0) is 19.4 Å². The van der Waals surface area contributed by atoms with Gasteiger partial charge in [0, 0.05) is 32.1 Å². The Labute approximate surface area is 122 Å². The number of nitrogens with zero attached hydrogens (tertiary/aromatic N) is 3. The zero-order valence-corrected chi connectivity index (χ0v) is 12.6. The molecular formula is C13H21N5OS. The molecular weight excluding hydrogens is 274 g/mol. The number of nitrogens with two attached hydrogens (primary N) is 1. The first kappa shape index (κ1) is 13.8. The highest BCUT2D eigenvalue weighted by Crippen LogP contribution is 2.44. The lowest BCUT2D eigenvalue weighted by atomic mass is 10.2. The highest BCUT2D eigenvalue weighted by Gasteiger charge is 2.33. The van der Waals surface area contributed by atoms with E-state index < -0.39 is 0 Å². The number of hydrogen-bond acceptors (Lipinski definition) is 6. The van der Waals surface area contributed by atoms with E-state index in [4.69, 9.17) is 10.8 Å². The predicted octanol–water partition coefficient (Wildman–Crippen LogP) is 0.766. The number of hydrazine groups is 1. The monoisotopic (exact) mass is 295 g/mol. The molecule has 2 heterocycles. The molecule has 0 atom stereocenters. The number of anilines is 1. The highest BCUT2D eigenvalue weighted by atomic mass is 32.1. The third kappa shape index (κ3) is 2.65. The molecule has 2 fully saturated rings. The van der Waals surface area contributed by atoms with E-state index in [1.165, 1.54) is 11.3 Å². The van der Waals surface area contributed by atoms with Crippen molar-refractivity contribution in [3.8, 4) is 0 Å². The lowest BCUT2D eigenvalue weighted by Gasteiger charge is -2.33. The Bertz CT molecular complexity index is 491. The van der Waals surface area contributed by atoms with E-state index in [-0.39, 0.29) is 5.91 Å². The van der Waals surface area contributed by atoms with Crippen molar-refractivity contribution in [2.24, 2.45) is 5.84 Å². The minimum Gasteiger partial charge on any atom is -0.346 e. The number of piperazine rings is 1. The number of carbonyl (C=O) groups excluding carboxylic acids is 1. The van der Waals surface area contributed by atoms with Gasteiger partial charge in [0.25, 0.3) is 5.91 Å². The number of nitrogen functional groups attached to an aromatic ring is 1. The van der Waals surface area contributed by atoms with Crippen LogP contribution in [0.4, 0.5) is 5.13 Å². The van der Waals surface area contributed by atoms with Crippen LogP contribution in [0.1, 0.15) is 41.0 Å². The first-order valence-electron chi connectivity index (χ1n) is 7.22. The molecule has 1 amide bonds. The lowest BCUT2D eigenvalue weighted by Crippen LogP contribution is -2.46. The van der Waals surface area contributed by atoms with E-state index in [0.29, 0.717) is 10.8 Å². The Morgan fingerprint density at radius 2 is 2.10 bits per heavy atom. The van der Waals surface area contributed by atoms with Crippen molar-refractivity contribution in [3.05, 3.63) is 10.6 Å². The fourth-order valence-electron chi connectivity index (χ4n) is 2.57. The van der Waals surface area contributed by atoms with Crippen molar-refractivity contribution in [1.29, 1.82) is 0 Å². The summed E-state index contributed by atoms with van der Waals surface area (Å²) in [5, 5.41) is 0.973. The molecule has 0 aromatic carbocycles. The average molecular weight is 295 g/mol. The van der Waals surface area contributed by atoms with Crippen LogP contribution in [-0.4, -0.2) is 48.5 Å². The van der Waals surface area contributed by atoms with Crippen molar-refractivity contribution in [1.82, 2.24) is 15.3 Å². The molecule has 6 nitrogen and oxygen atoms in total. The Hall–Kier alpha value is -1.18. The van der Waals surface area contributed by atoms with Crippen LogP contribution in [0.2, 0.25) is 0 Å². The summed E-state index contributed by atoms with van der Waals surface area (Å²) in [4.78, 5) is 22.0. The second kappa shape index (κ2) is 5.67. The summed E-state index contributed by atoms with van der Waals surface area (Å²) in [6.07, 6.45) is 2.27. The fourth-order valence-corrected chi connectivity index (χ4v) is 3.68. The van der Waals surface area contributed by atoms with Crippen molar-refractivity contribution in [3.63, 3.8) is 0 Å². The zero-order valence-electron chi connectivity index (χ0n) is 11.8. The molecule has 1 aromatic rings. The van der Waals surface area contributed by atoms with Crippen LogP contribution in [0.25, 0.3) is 0 Å². The van der Waals surface area contributed by atoms with Crippen molar-refractivity contribution in [2.75, 3.05) is 37.6 Å². The third-order valence-electron chi connectivity index (χ3n) is 4.03. The Morgan fingerprint density at radius 3 is 2.65 bits per heavy atom. The molecule has 7 heteroatoms. The van der Waals surface area contributed by atoms with E-state index in [0.717, 1.165) is 56.4 Å². The molecule has 1 aliphatic heterocycles. The molecule has 0 bridgehead atoms. The number of amides is 1. The van der Waals surface area contributed by atoms with Crippen LogP contribution in [-0.2, 0) is 0 Å². The van der Waals surface area contributed by atoms with E-state index in [1.54, 1.807) is 0 Å². The number of carbonyl (C=O) groups is 1. The van der Waals surface area contributed by atoms with E-state index >= 15 is 0 Å². The highest BCUT2D eigenvalue weighted by molar-refractivity contribution is 7.17. The van der Waals surface area contributed by atoms with Gasteiger partial charge in [0.15, 0.2) is 5.13 Å². The van der Waals surface area contributed by atoms with Crippen LogP contribution in [0, 0.1) is 0 Å². The summed E-state index contributed by atoms with van der Waals surface area (Å²) in [7, 11) is 0. The second-order valence-electron chi connectivity index (χ2n) is 5.38. The molecule has 3 N–H and O–H groups in total. The van der Waals surface area contributed by atoms with Gasteiger partial charge in [-0.1, -0.05) is 18.3 Å². The Morgan fingerprint density at radius 1 is 1.40 bits per heavy atom. The van der Waals surface area contributed by atoms with Gasteiger partial charge in [0.2, 0.25) is 0 Å². The molecule has 0 radical (unpaired) electrons. The van der Waals surface area contributed by atoms with Gasteiger partial charge in [0.05, 0.1) is 5.69 Å². The SMILES string of the molecule is CCN1CCN(c2nc(C3CC3)c(C(=O)NN)s2)CC1. The first-order valence-corrected chi connectivity index (χ1v) is 8.03. The topological polar surface area (TPSA) is 74.5 Å². The normalized spacial score (nSPS) is 20.2. The number of hydrogen-bond donors (Lipinski definition) is 2. The quantitative estimate of drug-likeness (QED) is 0.487. The van der Waals surface area contributed by atoms with Gasteiger partial charge in [-0.25, -0.2) is 10.8 Å². The molecule has 3 rings (SSSR count). The maximum Gasteiger partial charge on any atom is 0.277 e. The number of thiazole rings is 1. The lowest BCUT2D eigenvalue weighted by molar-refractivity contribution is 0.0956. The molecule has 110 valence electrons. The van der Waals surface area contributed by atoms with Crippen molar-refractivity contribution in [2.45, 2.75) is 25.7 Å². The van der Waals surface area contributed by atoms with Crippen molar-refractivity contribution < 1.29 is 4.79 Å². The predicted molar refractivity (Wildman–Crippen MR) is 80.1 cm³/mol. The molecule has 1 aromatic heterocycles. The molecule has 1 saturated heterocycles.